The SMILES string of the molecule is COCCCCc1cnc(-c2cc(F)c(OC)c(F)c2)c(-c2ccc(C(=O)O)c(C)c2)c1. The number of aromatic nitrogens is 1. The van der Waals surface area contributed by atoms with Crippen LogP contribution in [0.4, 0.5) is 8.78 Å². The van der Waals surface area contributed by atoms with Crippen LogP contribution < -0.4 is 4.74 Å². The van der Waals surface area contributed by atoms with Crippen molar-refractivity contribution in [1.29, 1.82) is 0 Å². The highest BCUT2D eigenvalue weighted by Crippen LogP contribution is 2.35. The van der Waals surface area contributed by atoms with Gasteiger partial charge in [-0.1, -0.05) is 12.1 Å². The molecule has 2 aromatic carbocycles. The standard InChI is InChI=1S/C25H25F2NO4/c1-15-10-17(7-8-19(15)25(29)30)20-11-16(6-4-5-9-31-2)14-28-23(20)18-12-21(26)24(32-3)22(27)13-18/h7-8,10-14H,4-6,9H2,1-3H3,(H,29,30). The third-order valence-corrected chi connectivity index (χ3v) is 5.25. The van der Waals surface area contributed by atoms with E-state index in [-0.39, 0.29) is 11.1 Å². The Morgan fingerprint density at radius 2 is 1.75 bits per heavy atom. The van der Waals surface area contributed by atoms with Gasteiger partial charge >= 0.3 is 5.97 Å². The first kappa shape index (κ1) is 23.3. The molecule has 32 heavy (non-hydrogen) atoms. The zero-order valence-electron chi connectivity index (χ0n) is 18.2. The van der Waals surface area contributed by atoms with Crippen LogP contribution in [0.2, 0.25) is 0 Å². The fourth-order valence-corrected chi connectivity index (χ4v) is 3.63. The Balaban J connectivity index is 2.11. The number of ether oxygens (including phenoxy) is 2. The second kappa shape index (κ2) is 10.3. The minimum absolute atomic E-state index is 0.195. The largest absolute Gasteiger partial charge is 0.491 e. The smallest absolute Gasteiger partial charge is 0.335 e. The third kappa shape index (κ3) is 5.11. The predicted octanol–water partition coefficient (Wildman–Crippen LogP) is 5.68. The van der Waals surface area contributed by atoms with Gasteiger partial charge in [0.15, 0.2) is 17.4 Å². The van der Waals surface area contributed by atoms with Gasteiger partial charge < -0.3 is 14.6 Å². The molecule has 0 atom stereocenters. The average Bonchev–Trinajstić information content (AvgIpc) is 2.76. The van der Waals surface area contributed by atoms with Gasteiger partial charge in [-0.2, -0.15) is 0 Å². The maximum atomic E-state index is 14.4. The molecule has 0 bridgehead atoms. The topological polar surface area (TPSA) is 68.7 Å². The molecule has 5 nitrogen and oxygen atoms in total. The van der Waals surface area contributed by atoms with E-state index in [1.54, 1.807) is 32.4 Å². The van der Waals surface area contributed by atoms with E-state index in [4.69, 9.17) is 9.47 Å². The van der Waals surface area contributed by atoms with Crippen molar-refractivity contribution in [3.8, 4) is 28.1 Å². The molecule has 168 valence electrons. The van der Waals surface area contributed by atoms with Crippen molar-refractivity contribution in [2.24, 2.45) is 0 Å². The molecular weight excluding hydrogens is 416 g/mol. The zero-order valence-corrected chi connectivity index (χ0v) is 18.2. The highest BCUT2D eigenvalue weighted by molar-refractivity contribution is 5.91. The van der Waals surface area contributed by atoms with Crippen molar-refractivity contribution in [2.75, 3.05) is 20.8 Å². The van der Waals surface area contributed by atoms with E-state index in [1.165, 1.54) is 25.3 Å². The number of carboxylic acid groups (broad SMARTS) is 1. The van der Waals surface area contributed by atoms with Crippen LogP contribution in [0.1, 0.15) is 34.3 Å². The molecule has 0 saturated carbocycles. The number of aryl methyl sites for hydroxylation is 2. The van der Waals surface area contributed by atoms with Crippen LogP contribution in [0.3, 0.4) is 0 Å². The molecule has 0 spiro atoms. The first-order chi connectivity index (χ1) is 15.3. The molecule has 3 aromatic rings. The second-order valence-corrected chi connectivity index (χ2v) is 7.50. The lowest BCUT2D eigenvalue weighted by atomic mass is 9.94. The summed E-state index contributed by atoms with van der Waals surface area (Å²) < 4.78 is 38.6. The van der Waals surface area contributed by atoms with Crippen LogP contribution in [0.25, 0.3) is 22.4 Å². The summed E-state index contributed by atoms with van der Waals surface area (Å²) in [4.78, 5) is 15.9. The van der Waals surface area contributed by atoms with Crippen molar-refractivity contribution in [3.63, 3.8) is 0 Å². The van der Waals surface area contributed by atoms with Gasteiger partial charge in [-0.25, -0.2) is 13.6 Å². The highest BCUT2D eigenvalue weighted by atomic mass is 19.1. The van der Waals surface area contributed by atoms with Crippen LogP contribution in [0.5, 0.6) is 5.75 Å². The molecular formula is C25H25F2NO4. The van der Waals surface area contributed by atoms with Gasteiger partial charge in [0.1, 0.15) is 0 Å². The van der Waals surface area contributed by atoms with Crippen LogP contribution in [-0.4, -0.2) is 36.9 Å². The summed E-state index contributed by atoms with van der Waals surface area (Å²) in [5.74, 6) is -3.11. The van der Waals surface area contributed by atoms with E-state index in [2.05, 4.69) is 4.98 Å². The van der Waals surface area contributed by atoms with Crippen molar-refractivity contribution in [1.82, 2.24) is 4.98 Å². The number of aromatic carboxylic acids is 1. The molecule has 3 rings (SSSR count). The van der Waals surface area contributed by atoms with Crippen LogP contribution >= 0.6 is 0 Å². The number of methoxy groups -OCH3 is 2. The van der Waals surface area contributed by atoms with E-state index in [1.807, 2.05) is 6.07 Å². The summed E-state index contributed by atoms with van der Waals surface area (Å²) in [6, 6.07) is 9.26. The molecule has 1 heterocycles. The molecule has 0 aliphatic heterocycles. The summed E-state index contributed by atoms with van der Waals surface area (Å²) in [6.45, 7) is 2.37. The minimum atomic E-state index is -1.02. The van der Waals surface area contributed by atoms with Gasteiger partial charge in [0.25, 0.3) is 0 Å². The van der Waals surface area contributed by atoms with Crippen LogP contribution in [0.15, 0.2) is 42.6 Å². The maximum absolute atomic E-state index is 14.4. The number of unbranched alkanes of at least 4 members (excludes halogenated alkanes) is 1. The number of pyridine rings is 1. The van der Waals surface area contributed by atoms with Crippen LogP contribution in [0, 0.1) is 18.6 Å². The number of nitrogens with zero attached hydrogens (tertiary/aromatic N) is 1. The number of carboxylic acids is 1. The fraction of sp³-hybridized carbons (Fsp3) is 0.280. The Bertz CT molecular complexity index is 1110. The second-order valence-electron chi connectivity index (χ2n) is 7.50. The summed E-state index contributed by atoms with van der Waals surface area (Å²) in [6.07, 6.45) is 4.26. The Hall–Kier alpha value is -3.32. The monoisotopic (exact) mass is 441 g/mol. The lowest BCUT2D eigenvalue weighted by Crippen LogP contribution is -2.01. The Labute approximate surface area is 185 Å². The van der Waals surface area contributed by atoms with E-state index in [9.17, 15) is 18.7 Å². The van der Waals surface area contributed by atoms with E-state index >= 15 is 0 Å². The van der Waals surface area contributed by atoms with E-state index < -0.39 is 23.4 Å². The van der Waals surface area contributed by atoms with Crippen molar-refractivity contribution in [3.05, 3.63) is 70.9 Å². The maximum Gasteiger partial charge on any atom is 0.335 e. The van der Waals surface area contributed by atoms with Crippen LogP contribution in [-0.2, 0) is 11.2 Å². The van der Waals surface area contributed by atoms with Crippen molar-refractivity contribution >= 4 is 5.97 Å². The first-order valence-electron chi connectivity index (χ1n) is 10.2. The molecule has 7 heteroatoms. The number of carbonyl (C=O) groups is 1. The Morgan fingerprint density at radius 1 is 1.03 bits per heavy atom. The molecule has 0 fully saturated rings. The number of hydrogen-bond acceptors (Lipinski definition) is 4. The van der Waals surface area contributed by atoms with Crippen molar-refractivity contribution in [2.45, 2.75) is 26.2 Å². The Morgan fingerprint density at radius 3 is 2.34 bits per heavy atom. The molecule has 1 N–H and O–H groups in total. The minimum Gasteiger partial charge on any atom is -0.491 e. The normalized spacial score (nSPS) is 10.9. The highest BCUT2D eigenvalue weighted by Gasteiger charge is 2.18. The number of hydrogen-bond donors (Lipinski definition) is 1. The molecule has 0 amide bonds. The summed E-state index contributed by atoms with van der Waals surface area (Å²) >= 11 is 0. The summed E-state index contributed by atoms with van der Waals surface area (Å²) in [5.41, 5.74) is 3.78. The molecule has 0 aliphatic rings. The first-order valence-corrected chi connectivity index (χ1v) is 10.2. The fourth-order valence-electron chi connectivity index (χ4n) is 3.63. The van der Waals surface area contributed by atoms with Gasteiger partial charge in [0, 0.05) is 31.0 Å². The number of rotatable bonds is 9. The van der Waals surface area contributed by atoms with Crippen molar-refractivity contribution < 1.29 is 28.2 Å². The van der Waals surface area contributed by atoms with E-state index in [0.717, 1.165) is 24.8 Å². The molecule has 0 aliphatic carbocycles. The Kier molecular flexibility index (Phi) is 7.53. The molecule has 0 saturated heterocycles. The van der Waals surface area contributed by atoms with Gasteiger partial charge in [0.05, 0.1) is 18.4 Å². The van der Waals surface area contributed by atoms with Gasteiger partial charge in [-0.3, -0.25) is 4.98 Å². The lowest BCUT2D eigenvalue weighted by Gasteiger charge is -2.14. The number of benzene rings is 2. The molecule has 0 radical (unpaired) electrons. The molecule has 1 aromatic heterocycles. The van der Waals surface area contributed by atoms with E-state index in [0.29, 0.717) is 29.0 Å². The quantitative estimate of drug-likeness (QED) is 0.433. The van der Waals surface area contributed by atoms with Gasteiger partial charge in [0.2, 0.25) is 0 Å². The summed E-state index contributed by atoms with van der Waals surface area (Å²) in [7, 11) is 2.86. The predicted molar refractivity (Wildman–Crippen MR) is 118 cm³/mol. The average molecular weight is 441 g/mol. The molecule has 0 unspecified atom stereocenters. The number of halogens is 2. The van der Waals surface area contributed by atoms with Gasteiger partial charge in [-0.15, -0.1) is 0 Å². The third-order valence-electron chi connectivity index (χ3n) is 5.25. The lowest BCUT2D eigenvalue weighted by molar-refractivity contribution is 0.0696. The zero-order chi connectivity index (χ0) is 23.3. The summed E-state index contributed by atoms with van der Waals surface area (Å²) in [5, 5.41) is 9.34. The van der Waals surface area contributed by atoms with Gasteiger partial charge in [-0.05, 0) is 67.1 Å².